The monoisotopic (exact) mass is 263 g/mol. The molecule has 0 amide bonds. The summed E-state index contributed by atoms with van der Waals surface area (Å²) in [6.45, 7) is 6.13. The molecule has 0 radical (unpaired) electrons. The van der Waals surface area contributed by atoms with Crippen molar-refractivity contribution in [1.82, 2.24) is 5.32 Å². The summed E-state index contributed by atoms with van der Waals surface area (Å²) in [5.41, 5.74) is 1.99. The highest BCUT2D eigenvalue weighted by Gasteiger charge is 2.48. The number of benzene rings is 1. The van der Waals surface area contributed by atoms with Gasteiger partial charge in [0, 0.05) is 13.1 Å². The van der Waals surface area contributed by atoms with Gasteiger partial charge in [-0.05, 0) is 48.9 Å². The lowest BCUT2D eigenvalue weighted by Crippen LogP contribution is -2.57. The van der Waals surface area contributed by atoms with Gasteiger partial charge in [0.1, 0.15) is 11.4 Å². The highest BCUT2D eigenvalue weighted by atomic mass is 19.1. The maximum absolute atomic E-state index is 13.3. The van der Waals surface area contributed by atoms with Gasteiger partial charge < -0.3 is 10.1 Å². The van der Waals surface area contributed by atoms with Gasteiger partial charge in [-0.1, -0.05) is 19.9 Å². The van der Waals surface area contributed by atoms with Gasteiger partial charge in [0.25, 0.3) is 0 Å². The van der Waals surface area contributed by atoms with E-state index < -0.39 is 0 Å². The van der Waals surface area contributed by atoms with Crippen LogP contribution in [-0.2, 0) is 16.8 Å². The number of rotatable bonds is 2. The van der Waals surface area contributed by atoms with Crippen LogP contribution in [0.15, 0.2) is 18.2 Å². The van der Waals surface area contributed by atoms with E-state index in [0.717, 1.165) is 44.3 Å². The van der Waals surface area contributed by atoms with Crippen LogP contribution in [0.2, 0.25) is 0 Å². The van der Waals surface area contributed by atoms with Gasteiger partial charge in [0.2, 0.25) is 0 Å². The van der Waals surface area contributed by atoms with Crippen molar-refractivity contribution >= 4 is 0 Å². The average Bonchev–Trinajstić information content (AvgIpc) is 2.76. The summed E-state index contributed by atoms with van der Waals surface area (Å²) in [6.07, 6.45) is 3.89. The van der Waals surface area contributed by atoms with Crippen LogP contribution >= 0.6 is 0 Å². The van der Waals surface area contributed by atoms with Crippen LogP contribution in [0.5, 0.6) is 0 Å². The van der Waals surface area contributed by atoms with Crippen LogP contribution in [-0.4, -0.2) is 18.7 Å². The summed E-state index contributed by atoms with van der Waals surface area (Å²) in [4.78, 5) is 0. The van der Waals surface area contributed by atoms with Crippen LogP contribution in [0.4, 0.5) is 4.39 Å². The molecule has 1 heterocycles. The van der Waals surface area contributed by atoms with E-state index in [-0.39, 0.29) is 17.0 Å². The summed E-state index contributed by atoms with van der Waals surface area (Å²) in [6, 6.07) is 5.14. The maximum Gasteiger partial charge on any atom is 0.123 e. The Morgan fingerprint density at radius 2 is 2.05 bits per heavy atom. The molecule has 0 aromatic heterocycles. The van der Waals surface area contributed by atoms with Crippen LogP contribution in [0.25, 0.3) is 0 Å². The Balaban J connectivity index is 1.98. The molecule has 1 aliphatic carbocycles. The van der Waals surface area contributed by atoms with Crippen molar-refractivity contribution in [2.45, 2.75) is 50.7 Å². The number of aryl methyl sites for hydroxylation is 1. The molecule has 1 spiro atoms. The molecule has 1 aromatic carbocycles. The van der Waals surface area contributed by atoms with Gasteiger partial charge in [-0.3, -0.25) is 0 Å². The molecule has 2 aliphatic rings. The van der Waals surface area contributed by atoms with E-state index in [1.54, 1.807) is 12.1 Å². The lowest BCUT2D eigenvalue weighted by Gasteiger charge is -2.47. The molecule has 1 aliphatic heterocycles. The Morgan fingerprint density at radius 3 is 2.79 bits per heavy atom. The highest BCUT2D eigenvalue weighted by molar-refractivity contribution is 5.39. The smallest absolute Gasteiger partial charge is 0.123 e. The van der Waals surface area contributed by atoms with Gasteiger partial charge in [-0.2, -0.15) is 0 Å². The quantitative estimate of drug-likeness (QED) is 0.885. The van der Waals surface area contributed by atoms with E-state index in [0.29, 0.717) is 0 Å². The van der Waals surface area contributed by atoms with Gasteiger partial charge >= 0.3 is 0 Å². The number of halogens is 1. The third-order valence-corrected chi connectivity index (χ3v) is 4.91. The van der Waals surface area contributed by atoms with Crippen LogP contribution in [0.3, 0.4) is 0 Å². The lowest BCUT2D eigenvalue weighted by molar-refractivity contribution is -0.186. The first-order chi connectivity index (χ1) is 9.13. The van der Waals surface area contributed by atoms with Gasteiger partial charge in [-0.15, -0.1) is 0 Å². The number of nitrogens with one attached hydrogen (secondary N) is 1. The molecule has 3 heteroatoms. The minimum absolute atomic E-state index is 0.0752. The predicted molar refractivity (Wildman–Crippen MR) is 73.7 cm³/mol. The van der Waals surface area contributed by atoms with Gasteiger partial charge in [-0.25, -0.2) is 4.39 Å². The van der Waals surface area contributed by atoms with Crippen molar-refractivity contribution in [2.75, 3.05) is 13.1 Å². The molecule has 104 valence electrons. The van der Waals surface area contributed by atoms with Crippen molar-refractivity contribution in [3.63, 3.8) is 0 Å². The van der Waals surface area contributed by atoms with Crippen molar-refractivity contribution in [3.05, 3.63) is 35.1 Å². The summed E-state index contributed by atoms with van der Waals surface area (Å²) < 4.78 is 19.9. The number of ether oxygens (including phenoxy) is 1. The Hall–Kier alpha value is -0.930. The average molecular weight is 263 g/mol. The SMILES string of the molecule is CCC1(CC)CNCC2(CCc3cc(F)ccc32)O1. The molecule has 19 heavy (non-hydrogen) atoms. The lowest BCUT2D eigenvalue weighted by atomic mass is 9.87. The molecule has 1 N–H and O–H groups in total. The summed E-state index contributed by atoms with van der Waals surface area (Å²) in [5.74, 6) is -0.142. The van der Waals surface area contributed by atoms with Gasteiger partial charge in [0.15, 0.2) is 0 Å². The number of hydrogen-bond acceptors (Lipinski definition) is 2. The summed E-state index contributed by atoms with van der Waals surface area (Å²) in [5, 5.41) is 3.55. The Kier molecular flexibility index (Phi) is 3.14. The largest absolute Gasteiger partial charge is 0.361 e. The first-order valence-electron chi connectivity index (χ1n) is 7.33. The van der Waals surface area contributed by atoms with Crippen molar-refractivity contribution in [3.8, 4) is 0 Å². The van der Waals surface area contributed by atoms with Crippen molar-refractivity contribution in [1.29, 1.82) is 0 Å². The second-order valence-corrected chi connectivity index (χ2v) is 5.89. The zero-order valence-electron chi connectivity index (χ0n) is 11.8. The van der Waals surface area contributed by atoms with E-state index in [9.17, 15) is 4.39 Å². The molecule has 0 saturated carbocycles. The molecule has 1 fully saturated rings. The van der Waals surface area contributed by atoms with Crippen LogP contribution in [0.1, 0.15) is 44.2 Å². The van der Waals surface area contributed by atoms with E-state index in [2.05, 4.69) is 19.2 Å². The zero-order valence-corrected chi connectivity index (χ0v) is 11.8. The normalized spacial score (nSPS) is 28.6. The van der Waals surface area contributed by atoms with E-state index in [4.69, 9.17) is 4.74 Å². The fourth-order valence-electron chi connectivity index (χ4n) is 3.60. The molecule has 1 unspecified atom stereocenters. The van der Waals surface area contributed by atoms with E-state index in [1.807, 2.05) is 6.07 Å². The molecule has 1 saturated heterocycles. The minimum atomic E-state index is -0.243. The third kappa shape index (κ3) is 2.00. The number of morpholine rings is 1. The summed E-state index contributed by atoms with van der Waals surface area (Å²) >= 11 is 0. The minimum Gasteiger partial charge on any atom is -0.361 e. The first-order valence-corrected chi connectivity index (χ1v) is 7.33. The zero-order chi connectivity index (χ0) is 13.5. The van der Waals surface area contributed by atoms with Crippen molar-refractivity contribution in [2.24, 2.45) is 0 Å². The molecule has 0 bridgehead atoms. The van der Waals surface area contributed by atoms with Crippen LogP contribution < -0.4 is 5.32 Å². The topological polar surface area (TPSA) is 21.3 Å². The first kappa shape index (κ1) is 13.1. The fraction of sp³-hybridized carbons (Fsp3) is 0.625. The molecule has 3 rings (SSSR count). The molecular formula is C16H22FNO. The van der Waals surface area contributed by atoms with E-state index >= 15 is 0 Å². The summed E-state index contributed by atoms with van der Waals surface area (Å²) in [7, 11) is 0. The molecule has 2 nitrogen and oxygen atoms in total. The van der Waals surface area contributed by atoms with E-state index in [1.165, 1.54) is 5.56 Å². The van der Waals surface area contributed by atoms with Crippen molar-refractivity contribution < 1.29 is 9.13 Å². The Morgan fingerprint density at radius 1 is 1.26 bits per heavy atom. The third-order valence-electron chi connectivity index (χ3n) is 4.91. The Bertz CT molecular complexity index is 484. The Labute approximate surface area is 114 Å². The molecular weight excluding hydrogens is 241 g/mol. The second-order valence-electron chi connectivity index (χ2n) is 5.89. The molecule has 1 aromatic rings. The number of fused-ring (bicyclic) bond motifs is 2. The maximum atomic E-state index is 13.3. The highest BCUT2D eigenvalue weighted by Crippen LogP contribution is 2.45. The fourth-order valence-corrected chi connectivity index (χ4v) is 3.60. The molecule has 1 atom stereocenters. The van der Waals surface area contributed by atoms with Crippen LogP contribution in [0, 0.1) is 5.82 Å². The predicted octanol–water partition coefficient (Wildman–Crippen LogP) is 3.15. The van der Waals surface area contributed by atoms with Gasteiger partial charge in [0.05, 0.1) is 5.60 Å². The second kappa shape index (κ2) is 4.57. The number of hydrogen-bond donors (Lipinski definition) is 1. The standard InChI is InChI=1S/C16H22FNO/c1-3-15(4-2)10-18-11-16(19-15)8-7-12-9-13(17)5-6-14(12)16/h5-6,9,18H,3-4,7-8,10-11H2,1-2H3.